The van der Waals surface area contributed by atoms with E-state index in [2.05, 4.69) is 44.4 Å². The first kappa shape index (κ1) is 12.7. The van der Waals surface area contributed by atoms with Gasteiger partial charge in [0.05, 0.1) is 5.69 Å². The number of benzene rings is 1. The molecule has 0 saturated carbocycles. The maximum Gasteiger partial charge on any atom is 0.260 e. The molecule has 2 aromatic rings. The normalized spacial score (nSPS) is 10.8. The van der Waals surface area contributed by atoms with Gasteiger partial charge in [-0.25, -0.2) is 4.98 Å². The molecule has 90 valence electrons. The molecule has 0 atom stereocenters. The summed E-state index contributed by atoms with van der Waals surface area (Å²) < 4.78 is 6.38. The van der Waals surface area contributed by atoms with Crippen LogP contribution in [0, 0.1) is 6.92 Å². The Morgan fingerprint density at radius 2 is 2.29 bits per heavy atom. The second-order valence-electron chi connectivity index (χ2n) is 3.65. The highest BCUT2D eigenvalue weighted by Crippen LogP contribution is 2.33. The minimum Gasteiger partial charge on any atom is -0.439 e. The maximum atomic E-state index is 5.32. The lowest BCUT2D eigenvalue weighted by molar-refractivity contribution is 0.454. The van der Waals surface area contributed by atoms with Crippen molar-refractivity contribution in [2.45, 2.75) is 23.6 Å². The van der Waals surface area contributed by atoms with Crippen molar-refractivity contribution < 1.29 is 4.42 Å². The van der Waals surface area contributed by atoms with E-state index in [4.69, 9.17) is 4.42 Å². The number of rotatable bonds is 4. The van der Waals surface area contributed by atoms with Gasteiger partial charge >= 0.3 is 0 Å². The fraction of sp³-hybridized carbons (Fsp3) is 0.250. The first-order valence-electron chi connectivity index (χ1n) is 5.22. The van der Waals surface area contributed by atoms with Crippen molar-refractivity contribution in [1.82, 2.24) is 10.3 Å². The molecule has 2 rings (SSSR count). The third-order valence-corrected chi connectivity index (χ3v) is 4.03. The van der Waals surface area contributed by atoms with E-state index in [1.165, 1.54) is 17.3 Å². The number of aromatic nitrogens is 1. The monoisotopic (exact) mass is 312 g/mol. The van der Waals surface area contributed by atoms with Crippen LogP contribution in [0.4, 0.5) is 0 Å². The van der Waals surface area contributed by atoms with Crippen LogP contribution in [-0.2, 0) is 6.54 Å². The minimum atomic E-state index is 0.671. The Morgan fingerprint density at radius 1 is 1.47 bits per heavy atom. The van der Waals surface area contributed by atoms with Gasteiger partial charge in [0, 0.05) is 15.9 Å². The molecular formula is C12H13BrN2OS. The number of halogens is 1. The van der Waals surface area contributed by atoms with E-state index in [0.717, 1.165) is 21.6 Å². The predicted octanol–water partition coefficient (Wildman–Crippen LogP) is 3.62. The minimum absolute atomic E-state index is 0.671. The zero-order chi connectivity index (χ0) is 12.3. The van der Waals surface area contributed by atoms with Gasteiger partial charge in [-0.3, -0.25) is 0 Å². The molecule has 1 aromatic heterocycles. The van der Waals surface area contributed by atoms with Crippen LogP contribution < -0.4 is 5.32 Å². The molecule has 3 nitrogen and oxygen atoms in total. The average Bonchev–Trinajstić information content (AvgIpc) is 2.69. The van der Waals surface area contributed by atoms with E-state index in [1.54, 1.807) is 6.26 Å². The molecule has 0 radical (unpaired) electrons. The molecular weight excluding hydrogens is 300 g/mol. The number of nitrogens with zero attached hydrogens (tertiary/aromatic N) is 1. The van der Waals surface area contributed by atoms with Gasteiger partial charge in [-0.15, -0.1) is 0 Å². The SMILES string of the molecule is CNCc1ccc(Sc2nc(C)co2)c(Br)c1. The van der Waals surface area contributed by atoms with Crippen LogP contribution in [0.3, 0.4) is 0 Å². The Hall–Kier alpha value is -0.780. The lowest BCUT2D eigenvalue weighted by Crippen LogP contribution is -2.04. The second-order valence-corrected chi connectivity index (χ2v) is 5.50. The fourth-order valence-corrected chi connectivity index (χ4v) is 2.85. The molecule has 0 amide bonds. The zero-order valence-corrected chi connectivity index (χ0v) is 12.1. The van der Waals surface area contributed by atoms with Crippen LogP contribution in [0.1, 0.15) is 11.3 Å². The van der Waals surface area contributed by atoms with Crippen molar-refractivity contribution in [1.29, 1.82) is 0 Å². The molecule has 0 aliphatic rings. The maximum absolute atomic E-state index is 5.32. The van der Waals surface area contributed by atoms with Gasteiger partial charge in [-0.1, -0.05) is 6.07 Å². The molecule has 1 N–H and O–H groups in total. The van der Waals surface area contributed by atoms with Crippen molar-refractivity contribution in [3.8, 4) is 0 Å². The molecule has 1 heterocycles. The average molecular weight is 313 g/mol. The summed E-state index contributed by atoms with van der Waals surface area (Å²) in [5.74, 6) is 0. The van der Waals surface area contributed by atoms with Crippen LogP contribution in [-0.4, -0.2) is 12.0 Å². The van der Waals surface area contributed by atoms with E-state index in [-0.39, 0.29) is 0 Å². The number of oxazole rings is 1. The van der Waals surface area contributed by atoms with E-state index in [9.17, 15) is 0 Å². The summed E-state index contributed by atoms with van der Waals surface area (Å²) in [7, 11) is 1.94. The molecule has 17 heavy (non-hydrogen) atoms. The topological polar surface area (TPSA) is 38.1 Å². The smallest absolute Gasteiger partial charge is 0.260 e. The third kappa shape index (κ3) is 3.34. The van der Waals surface area contributed by atoms with Crippen LogP contribution in [0.25, 0.3) is 0 Å². The summed E-state index contributed by atoms with van der Waals surface area (Å²) in [5, 5.41) is 3.80. The summed E-state index contributed by atoms with van der Waals surface area (Å²) in [4.78, 5) is 5.37. The number of hydrogen-bond donors (Lipinski definition) is 1. The van der Waals surface area contributed by atoms with E-state index < -0.39 is 0 Å². The van der Waals surface area contributed by atoms with E-state index >= 15 is 0 Å². The number of aryl methyl sites for hydroxylation is 1. The summed E-state index contributed by atoms with van der Waals surface area (Å²) in [6.45, 7) is 2.78. The van der Waals surface area contributed by atoms with Crippen LogP contribution in [0.5, 0.6) is 0 Å². The molecule has 5 heteroatoms. The van der Waals surface area contributed by atoms with Gasteiger partial charge in [0.25, 0.3) is 5.22 Å². The first-order valence-corrected chi connectivity index (χ1v) is 6.83. The molecule has 0 fully saturated rings. The molecule has 0 aliphatic carbocycles. The lowest BCUT2D eigenvalue weighted by atomic mass is 10.2. The molecule has 0 aliphatic heterocycles. The van der Waals surface area contributed by atoms with Crippen molar-refractivity contribution in [3.05, 3.63) is 40.2 Å². The summed E-state index contributed by atoms with van der Waals surface area (Å²) >= 11 is 5.08. The molecule has 0 saturated heterocycles. The number of hydrogen-bond acceptors (Lipinski definition) is 4. The Labute approximate surface area is 113 Å². The highest BCUT2D eigenvalue weighted by atomic mass is 79.9. The molecule has 0 unspecified atom stereocenters. The molecule has 0 bridgehead atoms. The lowest BCUT2D eigenvalue weighted by Gasteiger charge is -2.04. The van der Waals surface area contributed by atoms with Crippen molar-refractivity contribution in [2.75, 3.05) is 7.05 Å². The standard InChI is InChI=1S/C12H13BrN2OS/c1-8-7-16-12(15-8)17-11-4-3-9(6-14-2)5-10(11)13/h3-5,7,14H,6H2,1-2H3. The number of nitrogens with one attached hydrogen (secondary N) is 1. The van der Waals surface area contributed by atoms with Crippen LogP contribution in [0.15, 0.2) is 43.5 Å². The van der Waals surface area contributed by atoms with Gasteiger partial charge in [-0.2, -0.15) is 0 Å². The summed E-state index contributed by atoms with van der Waals surface area (Å²) in [5.41, 5.74) is 2.14. The van der Waals surface area contributed by atoms with Crippen molar-refractivity contribution >= 4 is 27.7 Å². The summed E-state index contributed by atoms with van der Waals surface area (Å²) in [6, 6.07) is 6.27. The Bertz CT molecular complexity index is 513. The Kier molecular flexibility index (Phi) is 4.25. The van der Waals surface area contributed by atoms with Crippen LogP contribution >= 0.6 is 27.7 Å². The fourth-order valence-electron chi connectivity index (χ4n) is 1.41. The Morgan fingerprint density at radius 3 is 2.88 bits per heavy atom. The van der Waals surface area contributed by atoms with E-state index in [1.807, 2.05) is 14.0 Å². The van der Waals surface area contributed by atoms with E-state index in [0.29, 0.717) is 5.22 Å². The van der Waals surface area contributed by atoms with Crippen LogP contribution in [0.2, 0.25) is 0 Å². The van der Waals surface area contributed by atoms with Crippen molar-refractivity contribution in [3.63, 3.8) is 0 Å². The molecule has 1 aromatic carbocycles. The largest absolute Gasteiger partial charge is 0.439 e. The third-order valence-electron chi connectivity index (χ3n) is 2.17. The first-order chi connectivity index (χ1) is 8.19. The van der Waals surface area contributed by atoms with Gasteiger partial charge in [-0.05, 0) is 59.4 Å². The highest BCUT2D eigenvalue weighted by molar-refractivity contribution is 9.10. The van der Waals surface area contributed by atoms with Gasteiger partial charge < -0.3 is 9.73 Å². The quantitative estimate of drug-likeness (QED) is 0.935. The summed E-state index contributed by atoms with van der Waals surface area (Å²) in [6.07, 6.45) is 1.66. The Balaban J connectivity index is 2.16. The highest BCUT2D eigenvalue weighted by Gasteiger charge is 2.07. The molecule has 0 spiro atoms. The van der Waals surface area contributed by atoms with Gasteiger partial charge in [0.2, 0.25) is 0 Å². The zero-order valence-electron chi connectivity index (χ0n) is 9.66. The van der Waals surface area contributed by atoms with Gasteiger partial charge in [0.1, 0.15) is 6.26 Å². The van der Waals surface area contributed by atoms with Gasteiger partial charge in [0.15, 0.2) is 0 Å². The van der Waals surface area contributed by atoms with Crippen molar-refractivity contribution in [2.24, 2.45) is 0 Å². The predicted molar refractivity (Wildman–Crippen MR) is 72.3 cm³/mol. The second kappa shape index (κ2) is 5.71.